The Hall–Kier alpha value is -2.24. The van der Waals surface area contributed by atoms with Crippen molar-refractivity contribution < 1.29 is 23.8 Å². The summed E-state index contributed by atoms with van der Waals surface area (Å²) in [5.74, 6) is 1.20. The van der Waals surface area contributed by atoms with Crippen molar-refractivity contribution in [1.29, 1.82) is 0 Å². The molecule has 0 spiro atoms. The molecule has 6 nitrogen and oxygen atoms in total. The quantitative estimate of drug-likeness (QED) is 0.777. The normalized spacial score (nSPS) is 24.5. The summed E-state index contributed by atoms with van der Waals surface area (Å²) >= 11 is 0. The molecular weight excluding hydrogens is 334 g/mol. The molecule has 1 aromatic carbocycles. The second-order valence-corrected chi connectivity index (χ2v) is 7.28. The fourth-order valence-electron chi connectivity index (χ4n) is 4.40. The second-order valence-electron chi connectivity index (χ2n) is 7.28. The molecule has 2 heterocycles. The van der Waals surface area contributed by atoms with E-state index in [0.717, 1.165) is 19.4 Å². The smallest absolute Gasteiger partial charge is 0.338 e. The minimum absolute atomic E-state index is 0.0764. The summed E-state index contributed by atoms with van der Waals surface area (Å²) in [6, 6.07) is 5.28. The van der Waals surface area contributed by atoms with Gasteiger partial charge in [-0.25, -0.2) is 4.79 Å². The van der Waals surface area contributed by atoms with Crippen molar-refractivity contribution in [3.8, 4) is 11.5 Å². The van der Waals surface area contributed by atoms with Gasteiger partial charge in [0.25, 0.3) is 5.91 Å². The number of hydrogen-bond acceptors (Lipinski definition) is 5. The lowest BCUT2D eigenvalue weighted by Gasteiger charge is -2.44. The number of hydrogen-bond donors (Lipinski definition) is 0. The van der Waals surface area contributed by atoms with Crippen LogP contribution in [0.4, 0.5) is 0 Å². The minimum Gasteiger partial charge on any atom is -0.486 e. The van der Waals surface area contributed by atoms with Gasteiger partial charge in [0.15, 0.2) is 18.1 Å². The fourth-order valence-corrected chi connectivity index (χ4v) is 4.40. The van der Waals surface area contributed by atoms with Crippen LogP contribution in [0.3, 0.4) is 0 Å². The van der Waals surface area contributed by atoms with E-state index < -0.39 is 5.97 Å². The Kier molecular flexibility index (Phi) is 5.00. The predicted molar refractivity (Wildman–Crippen MR) is 94.4 cm³/mol. The number of rotatable bonds is 3. The van der Waals surface area contributed by atoms with Gasteiger partial charge in [0, 0.05) is 12.6 Å². The molecule has 4 rings (SSSR count). The maximum absolute atomic E-state index is 12.6. The third kappa shape index (κ3) is 3.50. The summed E-state index contributed by atoms with van der Waals surface area (Å²) in [7, 11) is 0. The van der Waals surface area contributed by atoms with Crippen LogP contribution >= 0.6 is 0 Å². The first-order chi connectivity index (χ1) is 12.7. The summed E-state index contributed by atoms with van der Waals surface area (Å²) in [4.78, 5) is 26.9. The Balaban J connectivity index is 1.35. The highest BCUT2D eigenvalue weighted by molar-refractivity contribution is 5.92. The summed E-state index contributed by atoms with van der Waals surface area (Å²) in [5, 5.41) is 0. The molecular formula is C20H25NO5. The van der Waals surface area contributed by atoms with Crippen LogP contribution in [-0.2, 0) is 9.53 Å². The number of carbonyl (C=O) groups is 2. The molecule has 0 unspecified atom stereocenters. The third-order valence-electron chi connectivity index (χ3n) is 5.67. The van der Waals surface area contributed by atoms with Crippen molar-refractivity contribution in [1.82, 2.24) is 4.90 Å². The largest absolute Gasteiger partial charge is 0.486 e. The lowest BCUT2D eigenvalue weighted by molar-refractivity contribution is -0.140. The molecule has 1 aromatic rings. The number of benzene rings is 1. The van der Waals surface area contributed by atoms with Gasteiger partial charge in [-0.1, -0.05) is 12.8 Å². The number of esters is 1. The lowest BCUT2D eigenvalue weighted by Crippen LogP contribution is -2.50. The molecule has 2 fully saturated rings. The van der Waals surface area contributed by atoms with E-state index >= 15 is 0 Å². The molecule has 1 saturated carbocycles. The SMILES string of the molecule is O=C(OCC(=O)N1CCC[C@@H]2CCCC[C@H]21)c1ccc2c(c1)OCCO2. The van der Waals surface area contributed by atoms with Crippen LogP contribution in [0, 0.1) is 5.92 Å². The van der Waals surface area contributed by atoms with Crippen molar-refractivity contribution in [3.05, 3.63) is 23.8 Å². The van der Waals surface area contributed by atoms with E-state index in [9.17, 15) is 9.59 Å². The van der Waals surface area contributed by atoms with Crippen molar-refractivity contribution in [2.24, 2.45) is 5.92 Å². The van der Waals surface area contributed by atoms with Gasteiger partial charge in [-0.15, -0.1) is 0 Å². The first-order valence-electron chi connectivity index (χ1n) is 9.58. The summed E-state index contributed by atoms with van der Waals surface area (Å²) in [6.45, 7) is 1.54. The minimum atomic E-state index is -0.507. The molecule has 0 aromatic heterocycles. The third-order valence-corrected chi connectivity index (χ3v) is 5.67. The summed E-state index contributed by atoms with van der Waals surface area (Å²) in [5.41, 5.74) is 0.372. The van der Waals surface area contributed by atoms with E-state index in [2.05, 4.69) is 0 Å². The number of ether oxygens (including phenoxy) is 3. The molecule has 1 aliphatic carbocycles. The van der Waals surface area contributed by atoms with Crippen LogP contribution in [0.2, 0.25) is 0 Å². The van der Waals surface area contributed by atoms with Gasteiger partial charge in [0.2, 0.25) is 0 Å². The molecule has 0 N–H and O–H groups in total. The van der Waals surface area contributed by atoms with E-state index in [1.54, 1.807) is 18.2 Å². The number of nitrogens with zero attached hydrogens (tertiary/aromatic N) is 1. The highest BCUT2D eigenvalue weighted by Gasteiger charge is 2.35. The van der Waals surface area contributed by atoms with Gasteiger partial charge in [-0.05, 0) is 49.8 Å². The first-order valence-corrected chi connectivity index (χ1v) is 9.58. The maximum Gasteiger partial charge on any atom is 0.338 e. The van der Waals surface area contributed by atoms with Crippen LogP contribution in [0.15, 0.2) is 18.2 Å². The van der Waals surface area contributed by atoms with E-state index in [1.807, 2.05) is 4.90 Å². The van der Waals surface area contributed by atoms with Crippen LogP contribution in [0.5, 0.6) is 11.5 Å². The van der Waals surface area contributed by atoms with Crippen LogP contribution in [0.25, 0.3) is 0 Å². The highest BCUT2D eigenvalue weighted by Crippen LogP contribution is 2.35. The molecule has 0 bridgehead atoms. The van der Waals surface area contributed by atoms with Gasteiger partial charge < -0.3 is 19.1 Å². The monoisotopic (exact) mass is 359 g/mol. The zero-order valence-electron chi connectivity index (χ0n) is 14.9. The molecule has 2 atom stereocenters. The van der Waals surface area contributed by atoms with Crippen LogP contribution < -0.4 is 9.47 Å². The van der Waals surface area contributed by atoms with E-state index in [1.165, 1.54) is 25.7 Å². The maximum atomic E-state index is 12.6. The standard InChI is InChI=1S/C20H25NO5/c22-19(21-9-3-5-14-4-1-2-6-16(14)21)13-26-20(23)15-7-8-17-18(12-15)25-11-10-24-17/h7-8,12,14,16H,1-6,9-11,13H2/t14-,16+/m0/s1. The summed E-state index contributed by atoms with van der Waals surface area (Å²) < 4.78 is 16.2. The number of piperidine rings is 1. The average molecular weight is 359 g/mol. The lowest BCUT2D eigenvalue weighted by atomic mass is 9.78. The number of fused-ring (bicyclic) bond motifs is 2. The van der Waals surface area contributed by atoms with E-state index in [0.29, 0.717) is 42.2 Å². The Bertz CT molecular complexity index is 687. The van der Waals surface area contributed by atoms with E-state index in [4.69, 9.17) is 14.2 Å². The fraction of sp³-hybridized carbons (Fsp3) is 0.600. The molecule has 26 heavy (non-hydrogen) atoms. The van der Waals surface area contributed by atoms with Crippen molar-refractivity contribution in [2.75, 3.05) is 26.4 Å². The molecule has 6 heteroatoms. The predicted octanol–water partition coefficient (Wildman–Crippen LogP) is 2.80. The van der Waals surface area contributed by atoms with E-state index in [-0.39, 0.29) is 12.5 Å². The highest BCUT2D eigenvalue weighted by atomic mass is 16.6. The first kappa shape index (κ1) is 17.2. The second kappa shape index (κ2) is 7.56. The Morgan fingerprint density at radius 2 is 1.81 bits per heavy atom. The topological polar surface area (TPSA) is 65.1 Å². The van der Waals surface area contributed by atoms with Crippen LogP contribution in [-0.4, -0.2) is 49.2 Å². The van der Waals surface area contributed by atoms with Crippen molar-refractivity contribution >= 4 is 11.9 Å². The zero-order valence-corrected chi connectivity index (χ0v) is 14.9. The Labute approximate surface area is 153 Å². The van der Waals surface area contributed by atoms with Crippen LogP contribution in [0.1, 0.15) is 48.9 Å². The van der Waals surface area contributed by atoms with Crippen molar-refractivity contribution in [3.63, 3.8) is 0 Å². The zero-order chi connectivity index (χ0) is 17.9. The molecule has 140 valence electrons. The molecule has 2 aliphatic heterocycles. The average Bonchev–Trinajstić information content (AvgIpc) is 2.71. The molecule has 0 radical (unpaired) electrons. The molecule has 1 saturated heterocycles. The van der Waals surface area contributed by atoms with Gasteiger partial charge in [0.1, 0.15) is 13.2 Å². The van der Waals surface area contributed by atoms with Gasteiger partial charge >= 0.3 is 5.97 Å². The number of likely N-dealkylation sites (tertiary alicyclic amines) is 1. The van der Waals surface area contributed by atoms with Gasteiger partial charge in [-0.2, -0.15) is 0 Å². The molecule has 1 amide bonds. The molecule has 3 aliphatic rings. The number of carbonyl (C=O) groups excluding carboxylic acids is 2. The van der Waals surface area contributed by atoms with Crippen molar-refractivity contribution in [2.45, 2.75) is 44.6 Å². The Morgan fingerprint density at radius 3 is 2.69 bits per heavy atom. The van der Waals surface area contributed by atoms with Gasteiger partial charge in [-0.3, -0.25) is 4.79 Å². The number of amides is 1. The Morgan fingerprint density at radius 1 is 1.04 bits per heavy atom. The van der Waals surface area contributed by atoms with Gasteiger partial charge in [0.05, 0.1) is 5.56 Å². The summed E-state index contributed by atoms with van der Waals surface area (Å²) in [6.07, 6.45) is 7.00.